The van der Waals surface area contributed by atoms with E-state index in [-0.39, 0.29) is 29.1 Å². The van der Waals surface area contributed by atoms with Crippen molar-refractivity contribution in [3.05, 3.63) is 29.1 Å². The van der Waals surface area contributed by atoms with Crippen LogP contribution in [0.4, 0.5) is 10.1 Å². The molecule has 3 rings (SSSR count). The summed E-state index contributed by atoms with van der Waals surface area (Å²) in [5.74, 6) is -0.468. The largest absolute Gasteiger partial charge is 0.312 e. The molecule has 0 N–H and O–H groups in total. The Morgan fingerprint density at radius 2 is 1.95 bits per heavy atom. The molecule has 2 aliphatic heterocycles. The molecule has 1 fully saturated rings. The molecule has 6 heteroatoms. The Morgan fingerprint density at radius 1 is 1.27 bits per heavy atom. The molecule has 0 atom stereocenters. The molecule has 1 amide bonds. The van der Waals surface area contributed by atoms with Crippen LogP contribution in [0.5, 0.6) is 0 Å². The molecule has 120 valence electrons. The number of hydrogen-bond acceptors (Lipinski definition) is 3. The van der Waals surface area contributed by atoms with Gasteiger partial charge in [0.1, 0.15) is 15.7 Å². The maximum absolute atomic E-state index is 13.9. The average Bonchev–Trinajstić information content (AvgIpc) is 2.50. The lowest BCUT2D eigenvalue weighted by Gasteiger charge is -2.34. The molecule has 0 bridgehead atoms. The molecule has 0 aliphatic carbocycles. The summed E-state index contributed by atoms with van der Waals surface area (Å²) in [5.41, 5.74) is 2.21. The quantitative estimate of drug-likeness (QED) is 0.796. The van der Waals surface area contributed by atoms with Gasteiger partial charge in [-0.1, -0.05) is 6.07 Å². The van der Waals surface area contributed by atoms with E-state index in [1.807, 2.05) is 0 Å². The number of carbonyl (C=O) groups excluding carboxylic acids is 1. The van der Waals surface area contributed by atoms with Crippen molar-refractivity contribution < 1.29 is 17.6 Å². The summed E-state index contributed by atoms with van der Waals surface area (Å²) < 4.78 is 36.9. The molecule has 1 aromatic rings. The number of aryl methyl sites for hydroxylation is 1. The van der Waals surface area contributed by atoms with Crippen LogP contribution in [-0.2, 0) is 21.1 Å². The van der Waals surface area contributed by atoms with Gasteiger partial charge in [-0.05, 0) is 44.2 Å². The summed E-state index contributed by atoms with van der Waals surface area (Å²) in [6, 6.07) is 3.21. The van der Waals surface area contributed by atoms with Crippen molar-refractivity contribution in [3.8, 4) is 0 Å². The van der Waals surface area contributed by atoms with Gasteiger partial charge in [0.15, 0.2) is 0 Å². The highest BCUT2D eigenvalue weighted by Gasteiger charge is 2.34. The van der Waals surface area contributed by atoms with E-state index in [0.717, 1.165) is 18.4 Å². The number of fused-ring (bicyclic) bond motifs is 1. The molecular weight excluding hydrogens is 305 g/mol. The maximum Gasteiger partial charge on any atom is 0.230 e. The third-order valence-electron chi connectivity index (χ3n) is 4.72. The van der Waals surface area contributed by atoms with Crippen molar-refractivity contribution in [1.82, 2.24) is 0 Å². The van der Waals surface area contributed by atoms with Gasteiger partial charge < -0.3 is 4.90 Å². The Labute approximate surface area is 130 Å². The predicted octanol–water partition coefficient (Wildman–Crippen LogP) is 2.24. The van der Waals surface area contributed by atoms with Crippen LogP contribution >= 0.6 is 0 Å². The Hall–Kier alpha value is -1.43. The Bertz CT molecular complexity index is 700. The molecule has 1 saturated heterocycles. The lowest BCUT2D eigenvalue weighted by atomic mass is 9.94. The van der Waals surface area contributed by atoms with Crippen LogP contribution in [-0.4, -0.2) is 32.4 Å². The van der Waals surface area contributed by atoms with Crippen molar-refractivity contribution in [2.75, 3.05) is 23.0 Å². The van der Waals surface area contributed by atoms with E-state index < -0.39 is 9.84 Å². The second-order valence-electron chi connectivity index (χ2n) is 6.20. The first-order chi connectivity index (χ1) is 10.4. The molecule has 22 heavy (non-hydrogen) atoms. The van der Waals surface area contributed by atoms with E-state index >= 15 is 0 Å². The number of benzene rings is 1. The first kappa shape index (κ1) is 15.5. The number of carbonyl (C=O) groups is 1. The van der Waals surface area contributed by atoms with Crippen molar-refractivity contribution >= 4 is 21.4 Å². The fraction of sp³-hybridized carbons (Fsp3) is 0.562. The van der Waals surface area contributed by atoms with Crippen molar-refractivity contribution in [2.24, 2.45) is 5.92 Å². The van der Waals surface area contributed by atoms with Gasteiger partial charge in [0.05, 0.1) is 17.2 Å². The summed E-state index contributed by atoms with van der Waals surface area (Å²) in [4.78, 5) is 14.5. The average molecular weight is 325 g/mol. The van der Waals surface area contributed by atoms with Crippen LogP contribution in [0.15, 0.2) is 12.1 Å². The van der Waals surface area contributed by atoms with E-state index in [1.54, 1.807) is 17.9 Å². The smallest absolute Gasteiger partial charge is 0.230 e. The number of amides is 1. The first-order valence-corrected chi connectivity index (χ1v) is 9.51. The Balaban J connectivity index is 1.88. The second kappa shape index (κ2) is 5.65. The molecule has 2 aliphatic rings. The number of rotatable bonds is 1. The Morgan fingerprint density at radius 3 is 2.64 bits per heavy atom. The fourth-order valence-corrected chi connectivity index (χ4v) is 4.92. The normalized spacial score (nSPS) is 21.5. The van der Waals surface area contributed by atoms with Crippen molar-refractivity contribution in [2.45, 2.75) is 32.6 Å². The predicted molar refractivity (Wildman–Crippen MR) is 83.2 cm³/mol. The number of nitrogens with zero attached hydrogens (tertiary/aromatic N) is 1. The molecule has 0 radical (unpaired) electrons. The summed E-state index contributed by atoms with van der Waals surface area (Å²) in [5, 5.41) is 0. The minimum Gasteiger partial charge on any atom is -0.312 e. The molecule has 0 unspecified atom stereocenters. The molecule has 0 aromatic heterocycles. The zero-order valence-corrected chi connectivity index (χ0v) is 13.5. The monoisotopic (exact) mass is 325 g/mol. The topological polar surface area (TPSA) is 54.5 Å². The van der Waals surface area contributed by atoms with Crippen LogP contribution in [0.1, 0.15) is 30.4 Å². The highest BCUT2D eigenvalue weighted by molar-refractivity contribution is 7.91. The van der Waals surface area contributed by atoms with Gasteiger partial charge >= 0.3 is 0 Å². The lowest BCUT2D eigenvalue weighted by molar-refractivity contribution is -0.122. The molecule has 2 heterocycles. The molecule has 0 saturated carbocycles. The highest BCUT2D eigenvalue weighted by atomic mass is 32.2. The van der Waals surface area contributed by atoms with Crippen LogP contribution in [0, 0.1) is 18.7 Å². The van der Waals surface area contributed by atoms with Gasteiger partial charge in [-0.25, -0.2) is 12.8 Å². The zero-order chi connectivity index (χ0) is 15.9. The van der Waals surface area contributed by atoms with Crippen LogP contribution in [0.3, 0.4) is 0 Å². The Kier molecular flexibility index (Phi) is 3.97. The molecule has 1 aromatic carbocycles. The van der Waals surface area contributed by atoms with E-state index in [4.69, 9.17) is 0 Å². The van der Waals surface area contributed by atoms with E-state index in [1.165, 1.54) is 6.07 Å². The van der Waals surface area contributed by atoms with Crippen LogP contribution in [0.25, 0.3) is 0 Å². The van der Waals surface area contributed by atoms with E-state index in [2.05, 4.69) is 0 Å². The highest BCUT2D eigenvalue weighted by Crippen LogP contribution is 2.34. The minimum absolute atomic E-state index is 0.0513. The molecule has 4 nitrogen and oxygen atoms in total. The maximum atomic E-state index is 13.9. The van der Waals surface area contributed by atoms with Crippen molar-refractivity contribution in [3.63, 3.8) is 0 Å². The van der Waals surface area contributed by atoms with Gasteiger partial charge in [0.2, 0.25) is 5.91 Å². The fourth-order valence-electron chi connectivity index (χ4n) is 3.43. The standard InChI is InChI=1S/C16H20FNO3S/c1-11-14(17)5-4-12-3-2-8-18(15(11)12)16(19)13-6-9-22(20,21)10-7-13/h4-5,13H,2-3,6-10H2,1H3. The second-order valence-corrected chi connectivity index (χ2v) is 8.50. The summed E-state index contributed by atoms with van der Waals surface area (Å²) in [6.07, 6.45) is 2.46. The summed E-state index contributed by atoms with van der Waals surface area (Å²) in [7, 11) is -2.99. The lowest BCUT2D eigenvalue weighted by Crippen LogP contribution is -2.42. The first-order valence-electron chi connectivity index (χ1n) is 7.69. The third kappa shape index (κ3) is 2.76. The number of halogens is 1. The van der Waals surface area contributed by atoms with Crippen LogP contribution in [0.2, 0.25) is 0 Å². The number of hydrogen-bond donors (Lipinski definition) is 0. The van der Waals surface area contributed by atoms with Gasteiger partial charge in [-0.3, -0.25) is 4.79 Å². The third-order valence-corrected chi connectivity index (χ3v) is 6.43. The summed E-state index contributed by atoms with van der Waals surface area (Å²) >= 11 is 0. The molecular formula is C16H20FNO3S. The minimum atomic E-state index is -2.99. The zero-order valence-electron chi connectivity index (χ0n) is 12.6. The molecule has 0 spiro atoms. The van der Waals surface area contributed by atoms with Gasteiger partial charge in [-0.2, -0.15) is 0 Å². The van der Waals surface area contributed by atoms with E-state index in [0.29, 0.717) is 30.6 Å². The summed E-state index contributed by atoms with van der Waals surface area (Å²) in [6.45, 7) is 2.28. The van der Waals surface area contributed by atoms with Gasteiger partial charge in [0.25, 0.3) is 0 Å². The van der Waals surface area contributed by atoms with Gasteiger partial charge in [0, 0.05) is 18.0 Å². The van der Waals surface area contributed by atoms with E-state index in [9.17, 15) is 17.6 Å². The van der Waals surface area contributed by atoms with Crippen LogP contribution < -0.4 is 4.90 Å². The SMILES string of the molecule is Cc1c(F)ccc2c1N(C(=O)C1CCS(=O)(=O)CC1)CCC2. The van der Waals surface area contributed by atoms with Crippen molar-refractivity contribution in [1.29, 1.82) is 0 Å². The van der Waals surface area contributed by atoms with Gasteiger partial charge in [-0.15, -0.1) is 0 Å². The number of anilines is 1. The number of sulfone groups is 1.